The van der Waals surface area contributed by atoms with Gasteiger partial charge in [0.15, 0.2) is 0 Å². The summed E-state index contributed by atoms with van der Waals surface area (Å²) in [6.07, 6.45) is 1.77. The second-order valence-electron chi connectivity index (χ2n) is 5.39. The Morgan fingerprint density at radius 1 is 1.48 bits per heavy atom. The molecule has 1 aliphatic heterocycles. The van der Waals surface area contributed by atoms with Crippen LogP contribution in [-0.4, -0.2) is 41.5 Å². The molecule has 114 valence electrons. The van der Waals surface area contributed by atoms with E-state index in [9.17, 15) is 14.4 Å². The average molecular weight is 292 g/mol. The third-order valence-electron chi connectivity index (χ3n) is 3.66. The summed E-state index contributed by atoms with van der Waals surface area (Å²) < 4.78 is 0. The first kappa shape index (κ1) is 15.1. The number of amides is 3. The number of hydrogen-bond acceptors (Lipinski definition) is 3. The Kier molecular flexibility index (Phi) is 4.62. The fourth-order valence-corrected chi connectivity index (χ4v) is 2.57. The first-order valence-corrected chi connectivity index (χ1v) is 7.00. The summed E-state index contributed by atoms with van der Waals surface area (Å²) in [5, 5.41) is 2.57. The van der Waals surface area contributed by atoms with E-state index in [0.717, 1.165) is 18.5 Å². The molecule has 0 unspecified atom stereocenters. The molecule has 0 bridgehead atoms. The number of H-pyrrole nitrogens is 1. The van der Waals surface area contributed by atoms with Crippen LogP contribution in [0.3, 0.4) is 0 Å². The molecule has 7 heteroatoms. The Labute approximate surface area is 122 Å². The van der Waals surface area contributed by atoms with Crippen LogP contribution < -0.4 is 16.6 Å². The number of carbonyl (C=O) groups excluding carboxylic acids is 2. The Morgan fingerprint density at radius 2 is 2.24 bits per heavy atom. The minimum atomic E-state index is -0.562. The second kappa shape index (κ2) is 6.43. The maximum absolute atomic E-state index is 12.4. The van der Waals surface area contributed by atoms with Crippen molar-refractivity contribution in [2.75, 3.05) is 19.6 Å². The normalized spacial score (nSPS) is 18.3. The number of aromatic amines is 1. The lowest BCUT2D eigenvalue weighted by molar-refractivity contribution is 0.0673. The molecule has 1 aromatic rings. The predicted molar refractivity (Wildman–Crippen MR) is 78.0 cm³/mol. The Balaban J connectivity index is 2.05. The number of nitrogens with zero attached hydrogens (tertiary/aromatic N) is 1. The highest BCUT2D eigenvalue weighted by molar-refractivity contribution is 5.93. The molecule has 2 rings (SSSR count). The van der Waals surface area contributed by atoms with Gasteiger partial charge in [0.05, 0.1) is 0 Å². The van der Waals surface area contributed by atoms with E-state index in [2.05, 4.69) is 10.3 Å². The first-order valence-electron chi connectivity index (χ1n) is 7.00. The molecule has 1 aliphatic rings. The number of hydrogen-bond donors (Lipinski definition) is 3. The number of nitrogens with one attached hydrogen (secondary N) is 2. The molecule has 21 heavy (non-hydrogen) atoms. The van der Waals surface area contributed by atoms with Crippen LogP contribution >= 0.6 is 0 Å². The number of nitrogens with two attached hydrogens (primary N) is 1. The van der Waals surface area contributed by atoms with Crippen molar-refractivity contribution in [1.29, 1.82) is 0 Å². The Bertz CT molecular complexity index is 596. The van der Waals surface area contributed by atoms with Crippen LogP contribution in [0.2, 0.25) is 0 Å². The van der Waals surface area contributed by atoms with Crippen LogP contribution in [0.25, 0.3) is 0 Å². The molecular weight excluding hydrogens is 272 g/mol. The fourth-order valence-electron chi connectivity index (χ4n) is 2.57. The molecule has 1 atom stereocenters. The van der Waals surface area contributed by atoms with E-state index in [1.807, 2.05) is 0 Å². The minimum absolute atomic E-state index is 0.157. The number of aryl methyl sites for hydroxylation is 1. The third kappa shape index (κ3) is 3.84. The van der Waals surface area contributed by atoms with Gasteiger partial charge in [0, 0.05) is 25.3 Å². The number of primary amides is 1. The van der Waals surface area contributed by atoms with Crippen molar-refractivity contribution < 1.29 is 9.59 Å². The first-order chi connectivity index (χ1) is 9.97. The van der Waals surface area contributed by atoms with Gasteiger partial charge >= 0.3 is 6.03 Å². The van der Waals surface area contributed by atoms with Crippen LogP contribution in [0.5, 0.6) is 0 Å². The quantitative estimate of drug-likeness (QED) is 0.740. The van der Waals surface area contributed by atoms with E-state index in [-0.39, 0.29) is 22.9 Å². The van der Waals surface area contributed by atoms with Gasteiger partial charge < -0.3 is 20.9 Å². The average Bonchev–Trinajstić information content (AvgIpc) is 2.45. The molecule has 1 aromatic heterocycles. The zero-order valence-corrected chi connectivity index (χ0v) is 12.0. The maximum Gasteiger partial charge on any atom is 0.312 e. The number of piperidine rings is 1. The highest BCUT2D eigenvalue weighted by Gasteiger charge is 2.25. The van der Waals surface area contributed by atoms with E-state index in [1.165, 1.54) is 0 Å². The van der Waals surface area contributed by atoms with Gasteiger partial charge in [0.1, 0.15) is 5.56 Å². The number of aromatic nitrogens is 1. The van der Waals surface area contributed by atoms with E-state index in [1.54, 1.807) is 24.0 Å². The molecule has 4 N–H and O–H groups in total. The van der Waals surface area contributed by atoms with Gasteiger partial charge in [-0.2, -0.15) is 0 Å². The van der Waals surface area contributed by atoms with E-state index >= 15 is 0 Å². The van der Waals surface area contributed by atoms with Crippen molar-refractivity contribution in [3.05, 3.63) is 33.7 Å². The lowest BCUT2D eigenvalue weighted by atomic mass is 9.97. The molecule has 1 saturated heterocycles. The smallest absolute Gasteiger partial charge is 0.312 e. The van der Waals surface area contributed by atoms with Crippen molar-refractivity contribution in [2.24, 2.45) is 11.7 Å². The molecule has 1 fully saturated rings. The molecule has 3 amide bonds. The topological polar surface area (TPSA) is 108 Å². The number of pyridine rings is 1. The van der Waals surface area contributed by atoms with Gasteiger partial charge in [-0.3, -0.25) is 9.59 Å². The summed E-state index contributed by atoms with van der Waals surface area (Å²) in [7, 11) is 0. The second-order valence-corrected chi connectivity index (χ2v) is 5.39. The fraction of sp³-hybridized carbons (Fsp3) is 0.500. The van der Waals surface area contributed by atoms with E-state index in [4.69, 9.17) is 5.73 Å². The summed E-state index contributed by atoms with van der Waals surface area (Å²) in [4.78, 5) is 39.3. The van der Waals surface area contributed by atoms with Crippen molar-refractivity contribution in [3.63, 3.8) is 0 Å². The van der Waals surface area contributed by atoms with Gasteiger partial charge in [-0.1, -0.05) is 0 Å². The molecule has 0 spiro atoms. The standard InChI is InChI=1S/C14H20N4O3/c1-9-4-5-11(12(19)17-9)13(20)18-6-2-3-10(8-18)7-16-14(15)21/h4-5,10H,2-3,6-8H2,1H3,(H,17,19)(H3,15,16,21)/t10-/m0/s1. The van der Waals surface area contributed by atoms with E-state index in [0.29, 0.717) is 19.6 Å². The van der Waals surface area contributed by atoms with Crippen LogP contribution in [-0.2, 0) is 0 Å². The van der Waals surface area contributed by atoms with Crippen molar-refractivity contribution in [1.82, 2.24) is 15.2 Å². The molecule has 0 saturated carbocycles. The largest absolute Gasteiger partial charge is 0.352 e. The number of likely N-dealkylation sites (tertiary alicyclic amines) is 1. The number of rotatable bonds is 3. The molecule has 0 radical (unpaired) electrons. The summed E-state index contributed by atoms with van der Waals surface area (Å²) in [6.45, 7) is 3.36. The monoisotopic (exact) mass is 292 g/mol. The molecule has 0 aliphatic carbocycles. The third-order valence-corrected chi connectivity index (χ3v) is 3.66. The lowest BCUT2D eigenvalue weighted by Crippen LogP contribution is -2.45. The summed E-state index contributed by atoms with van der Waals surface area (Å²) in [5.74, 6) is -0.0974. The summed E-state index contributed by atoms with van der Waals surface area (Å²) in [5.41, 5.74) is 5.57. The van der Waals surface area contributed by atoms with Crippen LogP contribution in [0, 0.1) is 12.8 Å². The molecule has 7 nitrogen and oxygen atoms in total. The van der Waals surface area contributed by atoms with Crippen LogP contribution in [0.1, 0.15) is 28.9 Å². The van der Waals surface area contributed by atoms with Gasteiger partial charge in [-0.15, -0.1) is 0 Å². The summed E-state index contributed by atoms with van der Waals surface area (Å²) in [6, 6.07) is 2.71. The Hall–Kier alpha value is -2.31. The van der Waals surface area contributed by atoms with Crippen molar-refractivity contribution in [2.45, 2.75) is 19.8 Å². The predicted octanol–water partition coefficient (Wildman–Crippen LogP) is 0.204. The number of urea groups is 1. The zero-order valence-electron chi connectivity index (χ0n) is 12.0. The molecular formula is C14H20N4O3. The maximum atomic E-state index is 12.4. The Morgan fingerprint density at radius 3 is 2.90 bits per heavy atom. The van der Waals surface area contributed by atoms with Gasteiger partial charge in [0.2, 0.25) is 0 Å². The molecule has 0 aromatic carbocycles. The van der Waals surface area contributed by atoms with Crippen LogP contribution in [0.4, 0.5) is 4.79 Å². The van der Waals surface area contributed by atoms with E-state index < -0.39 is 6.03 Å². The highest BCUT2D eigenvalue weighted by atomic mass is 16.2. The van der Waals surface area contributed by atoms with Crippen molar-refractivity contribution in [3.8, 4) is 0 Å². The van der Waals surface area contributed by atoms with Gasteiger partial charge in [-0.05, 0) is 37.8 Å². The lowest BCUT2D eigenvalue weighted by Gasteiger charge is -2.32. The SMILES string of the molecule is Cc1ccc(C(=O)N2CCC[C@@H](CNC(N)=O)C2)c(=O)[nH]1. The van der Waals surface area contributed by atoms with Gasteiger partial charge in [0.25, 0.3) is 11.5 Å². The number of carbonyl (C=O) groups is 2. The zero-order chi connectivity index (χ0) is 15.4. The van der Waals surface area contributed by atoms with Crippen LogP contribution in [0.15, 0.2) is 16.9 Å². The van der Waals surface area contributed by atoms with Crippen molar-refractivity contribution >= 4 is 11.9 Å². The molecule has 2 heterocycles. The van der Waals surface area contributed by atoms with Gasteiger partial charge in [-0.25, -0.2) is 4.79 Å². The summed E-state index contributed by atoms with van der Waals surface area (Å²) >= 11 is 0. The highest BCUT2D eigenvalue weighted by Crippen LogP contribution is 2.17. The minimum Gasteiger partial charge on any atom is -0.352 e.